The Hall–Kier alpha value is -2.60. The van der Waals surface area contributed by atoms with Gasteiger partial charge in [0, 0.05) is 0 Å². The lowest BCUT2D eigenvalue weighted by molar-refractivity contribution is 0.808. The molecule has 3 aromatic carbocycles. The van der Waals surface area contributed by atoms with Gasteiger partial charge in [0.25, 0.3) is 0 Å². The Labute approximate surface area is 171 Å². The van der Waals surface area contributed by atoms with Crippen LogP contribution in [0.5, 0.6) is 0 Å². The van der Waals surface area contributed by atoms with Gasteiger partial charge >= 0.3 is 0 Å². The maximum atomic E-state index is 2.36. The van der Waals surface area contributed by atoms with Crippen LogP contribution in [-0.2, 0) is 0 Å². The van der Waals surface area contributed by atoms with Crippen LogP contribution in [0, 0.1) is 13.8 Å². The van der Waals surface area contributed by atoms with Gasteiger partial charge in [-0.15, -0.1) is 0 Å². The molecule has 0 bridgehead atoms. The average Bonchev–Trinajstić information content (AvgIpc) is 2.71. The highest BCUT2D eigenvalue weighted by molar-refractivity contribution is 5.75. The molecule has 0 radical (unpaired) electrons. The molecule has 0 aromatic heterocycles. The number of rotatable bonds is 7. The monoisotopic (exact) mass is 368 g/mol. The predicted molar refractivity (Wildman–Crippen MR) is 124 cm³/mol. The molecule has 0 nitrogen and oxygen atoms in total. The van der Waals surface area contributed by atoms with Crippen molar-refractivity contribution in [1.82, 2.24) is 0 Å². The summed E-state index contributed by atoms with van der Waals surface area (Å²) >= 11 is 0. The summed E-state index contributed by atoms with van der Waals surface area (Å²) < 4.78 is 0. The first kappa shape index (κ1) is 20.1. The fraction of sp³-hybridized carbons (Fsp3) is 0.286. The molecule has 0 heterocycles. The summed E-state index contributed by atoms with van der Waals surface area (Å²) in [5.41, 5.74) is 9.27. The van der Waals surface area contributed by atoms with Gasteiger partial charge in [0.15, 0.2) is 0 Å². The summed E-state index contributed by atoms with van der Waals surface area (Å²) in [4.78, 5) is 0. The van der Waals surface area contributed by atoms with Gasteiger partial charge in [0.1, 0.15) is 0 Å². The zero-order valence-electron chi connectivity index (χ0n) is 17.7. The lowest BCUT2D eigenvalue weighted by Gasteiger charge is -2.14. The average molecular weight is 369 g/mol. The van der Waals surface area contributed by atoms with Crippen LogP contribution in [0.25, 0.3) is 22.3 Å². The lowest BCUT2D eigenvalue weighted by atomic mass is 9.91. The Morgan fingerprint density at radius 3 is 2.29 bits per heavy atom. The van der Waals surface area contributed by atoms with E-state index in [-0.39, 0.29) is 0 Å². The Bertz CT molecular complexity index is 946. The topological polar surface area (TPSA) is 0 Å². The van der Waals surface area contributed by atoms with Crippen molar-refractivity contribution in [2.24, 2.45) is 0 Å². The molecule has 0 spiro atoms. The summed E-state index contributed by atoms with van der Waals surface area (Å²) in [6.45, 7) is 8.95. The van der Waals surface area contributed by atoms with Crippen LogP contribution in [0.1, 0.15) is 55.7 Å². The number of allylic oxidation sites excluding steroid dienone is 2. The van der Waals surface area contributed by atoms with Crippen LogP contribution in [0.3, 0.4) is 0 Å². The van der Waals surface area contributed by atoms with E-state index in [2.05, 4.69) is 107 Å². The summed E-state index contributed by atoms with van der Waals surface area (Å²) in [6.07, 6.45) is 8.42. The molecule has 1 atom stereocenters. The first-order valence-electron chi connectivity index (χ1n) is 10.5. The molecule has 0 saturated heterocycles. The summed E-state index contributed by atoms with van der Waals surface area (Å²) in [7, 11) is 0. The second-order valence-corrected chi connectivity index (χ2v) is 7.83. The fourth-order valence-electron chi connectivity index (χ4n) is 3.86. The van der Waals surface area contributed by atoms with Crippen molar-refractivity contribution < 1.29 is 0 Å². The van der Waals surface area contributed by atoms with E-state index >= 15 is 0 Å². The van der Waals surface area contributed by atoms with Crippen LogP contribution in [0.15, 0.2) is 78.9 Å². The second kappa shape index (κ2) is 9.55. The van der Waals surface area contributed by atoms with Gasteiger partial charge < -0.3 is 0 Å². The van der Waals surface area contributed by atoms with Crippen molar-refractivity contribution in [3.8, 4) is 22.3 Å². The van der Waals surface area contributed by atoms with Crippen LogP contribution in [-0.4, -0.2) is 0 Å². The molecule has 1 unspecified atom stereocenters. The van der Waals surface area contributed by atoms with E-state index in [0.29, 0.717) is 5.92 Å². The van der Waals surface area contributed by atoms with E-state index in [4.69, 9.17) is 0 Å². The Balaban J connectivity index is 1.85. The van der Waals surface area contributed by atoms with Gasteiger partial charge in [-0.3, -0.25) is 0 Å². The van der Waals surface area contributed by atoms with Crippen molar-refractivity contribution in [2.75, 3.05) is 0 Å². The van der Waals surface area contributed by atoms with Crippen LogP contribution >= 0.6 is 0 Å². The van der Waals surface area contributed by atoms with E-state index < -0.39 is 0 Å². The summed E-state index contributed by atoms with van der Waals surface area (Å²) in [5, 5.41) is 0. The van der Waals surface area contributed by atoms with Crippen LogP contribution in [0.2, 0.25) is 0 Å². The molecule has 0 fully saturated rings. The summed E-state index contributed by atoms with van der Waals surface area (Å²) in [6, 6.07) is 24.4. The van der Waals surface area contributed by atoms with Gasteiger partial charge in [0.05, 0.1) is 0 Å². The van der Waals surface area contributed by atoms with E-state index in [0.717, 1.165) is 0 Å². The number of aryl methyl sites for hydroxylation is 2. The molecule has 0 aliphatic heterocycles. The molecular formula is C28H32. The third-order valence-electron chi connectivity index (χ3n) is 5.56. The highest BCUT2D eigenvalue weighted by Crippen LogP contribution is 2.31. The van der Waals surface area contributed by atoms with E-state index in [1.807, 2.05) is 0 Å². The first-order chi connectivity index (χ1) is 13.6. The molecule has 0 amide bonds. The number of unbranched alkanes of at least 4 members (excludes halogenated alkanes) is 2. The maximum Gasteiger partial charge on any atom is -0.000782 e. The molecule has 0 N–H and O–H groups in total. The van der Waals surface area contributed by atoms with Crippen molar-refractivity contribution in [3.05, 3.63) is 95.6 Å². The Kier molecular flexibility index (Phi) is 6.87. The third-order valence-corrected chi connectivity index (χ3v) is 5.56. The minimum atomic E-state index is 0.462. The number of hydrogen-bond acceptors (Lipinski definition) is 0. The second-order valence-electron chi connectivity index (χ2n) is 7.83. The standard InChI is InChI=1S/C28H32/c1-5-6-7-8-12-21(2)27-18-17-25(19-23(27)4)24-14-11-15-26(20-24)28-16-10-9-13-22(28)3/h8-21H,5-7H2,1-4H3/b12-8-. The largest absolute Gasteiger partial charge is 0.0879 e. The van der Waals surface area contributed by atoms with Crippen LogP contribution < -0.4 is 0 Å². The van der Waals surface area contributed by atoms with E-state index in [1.54, 1.807) is 0 Å². The van der Waals surface area contributed by atoms with Gasteiger partial charge in [-0.25, -0.2) is 0 Å². The van der Waals surface area contributed by atoms with Crippen molar-refractivity contribution in [2.45, 2.75) is 52.9 Å². The normalized spacial score (nSPS) is 12.4. The van der Waals surface area contributed by atoms with Crippen LogP contribution in [0.4, 0.5) is 0 Å². The number of benzene rings is 3. The molecule has 3 rings (SSSR count). The third kappa shape index (κ3) is 4.81. The molecule has 3 aromatic rings. The van der Waals surface area contributed by atoms with Crippen molar-refractivity contribution in [3.63, 3.8) is 0 Å². The van der Waals surface area contributed by atoms with E-state index in [1.165, 1.54) is 58.2 Å². The quantitative estimate of drug-likeness (QED) is 0.290. The van der Waals surface area contributed by atoms with Gasteiger partial charge in [-0.2, -0.15) is 0 Å². The fourth-order valence-corrected chi connectivity index (χ4v) is 3.86. The number of hydrogen-bond donors (Lipinski definition) is 0. The minimum Gasteiger partial charge on any atom is -0.0879 e. The molecule has 144 valence electrons. The van der Waals surface area contributed by atoms with Gasteiger partial charge in [-0.05, 0) is 71.2 Å². The molecule has 0 heteroatoms. The molecule has 0 aliphatic carbocycles. The Morgan fingerprint density at radius 1 is 0.786 bits per heavy atom. The zero-order chi connectivity index (χ0) is 19.9. The SMILES string of the molecule is CCCC/C=C\C(C)c1ccc(-c2cccc(-c3ccccc3C)c2)cc1C. The van der Waals surface area contributed by atoms with Gasteiger partial charge in [-0.1, -0.05) is 99.5 Å². The first-order valence-corrected chi connectivity index (χ1v) is 10.5. The maximum absolute atomic E-state index is 2.36. The lowest BCUT2D eigenvalue weighted by Crippen LogP contribution is -1.94. The zero-order valence-corrected chi connectivity index (χ0v) is 17.7. The molecule has 28 heavy (non-hydrogen) atoms. The highest BCUT2D eigenvalue weighted by atomic mass is 14.1. The summed E-state index contributed by atoms with van der Waals surface area (Å²) in [5.74, 6) is 0.462. The Morgan fingerprint density at radius 2 is 1.54 bits per heavy atom. The highest BCUT2D eigenvalue weighted by Gasteiger charge is 2.08. The minimum absolute atomic E-state index is 0.462. The van der Waals surface area contributed by atoms with E-state index in [9.17, 15) is 0 Å². The van der Waals surface area contributed by atoms with Gasteiger partial charge in [0.2, 0.25) is 0 Å². The smallest absolute Gasteiger partial charge is 0.000782 e. The predicted octanol–water partition coefficient (Wildman–Crippen LogP) is 8.49. The molecular weight excluding hydrogens is 336 g/mol. The molecule has 0 aliphatic rings. The van der Waals surface area contributed by atoms with Crippen molar-refractivity contribution >= 4 is 0 Å². The van der Waals surface area contributed by atoms with Crippen molar-refractivity contribution in [1.29, 1.82) is 0 Å². The molecule has 0 saturated carbocycles.